The topological polar surface area (TPSA) is 61.4 Å². The van der Waals surface area contributed by atoms with Crippen LogP contribution in [0.2, 0.25) is 0 Å². The average Bonchev–Trinajstić information content (AvgIpc) is 2.64. The van der Waals surface area contributed by atoms with Gasteiger partial charge in [-0.25, -0.2) is 4.79 Å². The van der Waals surface area contributed by atoms with Crippen LogP contribution in [0.1, 0.15) is 35.2 Å². The van der Waals surface area contributed by atoms with Gasteiger partial charge in [0.05, 0.1) is 11.3 Å². The highest BCUT2D eigenvalue weighted by atomic mass is 16.2. The van der Waals surface area contributed by atoms with Crippen LogP contribution in [0.3, 0.4) is 0 Å². The summed E-state index contributed by atoms with van der Waals surface area (Å²) in [5.74, 6) is -0.0223. The predicted octanol–water partition coefficient (Wildman–Crippen LogP) is 4.27. The van der Waals surface area contributed by atoms with E-state index in [9.17, 15) is 9.59 Å². The van der Waals surface area contributed by atoms with Crippen molar-refractivity contribution in [2.24, 2.45) is 0 Å². The quantitative estimate of drug-likeness (QED) is 0.879. The lowest BCUT2D eigenvalue weighted by atomic mass is 10.1. The van der Waals surface area contributed by atoms with E-state index >= 15 is 0 Å². The molecule has 1 aliphatic heterocycles. The maximum absolute atomic E-state index is 12.8. The number of carbonyl (C=O) groups is 2. The molecule has 0 saturated carbocycles. The highest BCUT2D eigenvalue weighted by molar-refractivity contribution is 6.06. The fraction of sp³-hybridized carbons (Fsp3) is 0.300. The molecule has 2 aromatic carbocycles. The fourth-order valence-electron chi connectivity index (χ4n) is 2.97. The Hall–Kier alpha value is -2.82. The van der Waals surface area contributed by atoms with Crippen LogP contribution in [-0.4, -0.2) is 29.9 Å². The summed E-state index contributed by atoms with van der Waals surface area (Å²) in [6.45, 7) is 3.55. The first-order chi connectivity index (χ1) is 12.1. The summed E-state index contributed by atoms with van der Waals surface area (Å²) in [7, 11) is 0. The third-order valence-electron chi connectivity index (χ3n) is 4.36. The summed E-state index contributed by atoms with van der Waals surface area (Å²) in [5, 5.41) is 5.58. The Morgan fingerprint density at radius 2 is 1.56 bits per heavy atom. The van der Waals surface area contributed by atoms with E-state index in [1.54, 1.807) is 12.1 Å². The number of para-hydroxylation sites is 1. The molecule has 25 heavy (non-hydrogen) atoms. The van der Waals surface area contributed by atoms with Gasteiger partial charge in [0.2, 0.25) is 0 Å². The van der Waals surface area contributed by atoms with Gasteiger partial charge in [0.25, 0.3) is 5.91 Å². The van der Waals surface area contributed by atoms with Gasteiger partial charge in [0, 0.05) is 18.8 Å². The number of anilines is 2. The first-order valence-corrected chi connectivity index (χ1v) is 8.66. The van der Waals surface area contributed by atoms with Gasteiger partial charge in [-0.15, -0.1) is 0 Å². The van der Waals surface area contributed by atoms with Crippen LogP contribution in [0.4, 0.5) is 16.2 Å². The molecular formula is C20H23N3O2. The van der Waals surface area contributed by atoms with Crippen LogP contribution in [0.5, 0.6) is 0 Å². The molecule has 1 fully saturated rings. The molecule has 1 heterocycles. The number of hydrogen-bond donors (Lipinski definition) is 2. The molecule has 2 N–H and O–H groups in total. The monoisotopic (exact) mass is 337 g/mol. The summed E-state index contributed by atoms with van der Waals surface area (Å²) < 4.78 is 0. The molecule has 2 aromatic rings. The lowest BCUT2D eigenvalue weighted by molar-refractivity contribution is 0.0725. The van der Waals surface area contributed by atoms with Gasteiger partial charge in [-0.1, -0.05) is 29.8 Å². The van der Waals surface area contributed by atoms with Crippen LogP contribution in [-0.2, 0) is 0 Å². The van der Waals surface area contributed by atoms with E-state index < -0.39 is 0 Å². The lowest BCUT2D eigenvalue weighted by Gasteiger charge is -2.27. The van der Waals surface area contributed by atoms with E-state index in [-0.39, 0.29) is 11.9 Å². The fourth-order valence-corrected chi connectivity index (χ4v) is 2.97. The van der Waals surface area contributed by atoms with E-state index in [0.717, 1.165) is 31.5 Å². The van der Waals surface area contributed by atoms with Gasteiger partial charge in [-0.2, -0.15) is 0 Å². The normalized spacial score (nSPS) is 14.0. The number of rotatable bonds is 3. The Bertz CT molecular complexity index is 750. The van der Waals surface area contributed by atoms with Crippen LogP contribution < -0.4 is 10.6 Å². The van der Waals surface area contributed by atoms with Crippen molar-refractivity contribution in [3.05, 3.63) is 59.7 Å². The van der Waals surface area contributed by atoms with Crippen molar-refractivity contribution in [3.8, 4) is 0 Å². The first kappa shape index (κ1) is 17.0. The highest BCUT2D eigenvalue weighted by Gasteiger charge is 2.21. The molecule has 0 radical (unpaired) electrons. The van der Waals surface area contributed by atoms with Crippen molar-refractivity contribution in [2.45, 2.75) is 26.2 Å². The summed E-state index contributed by atoms with van der Waals surface area (Å²) in [4.78, 5) is 26.9. The van der Waals surface area contributed by atoms with Gasteiger partial charge in [0.1, 0.15) is 0 Å². The van der Waals surface area contributed by atoms with Crippen molar-refractivity contribution in [3.63, 3.8) is 0 Å². The van der Waals surface area contributed by atoms with E-state index in [2.05, 4.69) is 10.6 Å². The number of nitrogens with one attached hydrogen (secondary N) is 2. The number of urea groups is 1. The van der Waals surface area contributed by atoms with Gasteiger partial charge < -0.3 is 15.5 Å². The Labute approximate surface area is 148 Å². The first-order valence-electron chi connectivity index (χ1n) is 8.66. The maximum atomic E-state index is 12.8. The molecule has 130 valence electrons. The number of amides is 3. The second-order valence-electron chi connectivity index (χ2n) is 6.34. The summed E-state index contributed by atoms with van der Waals surface area (Å²) >= 11 is 0. The van der Waals surface area contributed by atoms with Gasteiger partial charge >= 0.3 is 6.03 Å². The van der Waals surface area contributed by atoms with Crippen molar-refractivity contribution < 1.29 is 9.59 Å². The molecule has 0 unspecified atom stereocenters. The molecule has 3 amide bonds. The predicted molar refractivity (Wildman–Crippen MR) is 100 cm³/mol. The number of carbonyl (C=O) groups excluding carboxylic acids is 2. The summed E-state index contributed by atoms with van der Waals surface area (Å²) in [5.41, 5.74) is 2.90. The lowest BCUT2D eigenvalue weighted by Crippen LogP contribution is -2.36. The van der Waals surface area contributed by atoms with Crippen LogP contribution in [0, 0.1) is 6.92 Å². The van der Waals surface area contributed by atoms with E-state index in [4.69, 9.17) is 0 Å². The van der Waals surface area contributed by atoms with Crippen LogP contribution in [0.15, 0.2) is 48.5 Å². The third kappa shape index (κ3) is 4.38. The number of likely N-dealkylation sites (tertiary alicyclic amines) is 1. The molecule has 0 bridgehead atoms. The zero-order valence-corrected chi connectivity index (χ0v) is 14.4. The van der Waals surface area contributed by atoms with E-state index in [0.29, 0.717) is 16.9 Å². The minimum Gasteiger partial charge on any atom is -0.339 e. The minimum absolute atomic E-state index is 0.0223. The van der Waals surface area contributed by atoms with Crippen LogP contribution in [0.25, 0.3) is 0 Å². The Kier molecular flexibility index (Phi) is 5.33. The Morgan fingerprint density at radius 3 is 2.28 bits per heavy atom. The molecule has 1 aliphatic rings. The Morgan fingerprint density at radius 1 is 0.880 bits per heavy atom. The van der Waals surface area contributed by atoms with Crippen molar-refractivity contribution >= 4 is 23.3 Å². The smallest absolute Gasteiger partial charge is 0.323 e. The molecule has 5 nitrogen and oxygen atoms in total. The van der Waals surface area contributed by atoms with Gasteiger partial charge in [0.15, 0.2) is 0 Å². The minimum atomic E-state index is -0.359. The molecule has 0 spiro atoms. The second-order valence-corrected chi connectivity index (χ2v) is 6.34. The molecule has 0 aliphatic carbocycles. The number of piperidine rings is 1. The maximum Gasteiger partial charge on any atom is 0.323 e. The molecule has 3 rings (SSSR count). The van der Waals surface area contributed by atoms with Crippen molar-refractivity contribution in [1.29, 1.82) is 0 Å². The largest absolute Gasteiger partial charge is 0.339 e. The molecule has 1 saturated heterocycles. The number of nitrogens with zero attached hydrogens (tertiary/aromatic N) is 1. The molecule has 0 aromatic heterocycles. The summed E-state index contributed by atoms with van der Waals surface area (Å²) in [6, 6.07) is 14.4. The van der Waals surface area contributed by atoms with Crippen molar-refractivity contribution in [1.82, 2.24) is 4.90 Å². The van der Waals surface area contributed by atoms with Gasteiger partial charge in [-0.3, -0.25) is 4.79 Å². The second kappa shape index (κ2) is 7.83. The zero-order chi connectivity index (χ0) is 17.6. The van der Waals surface area contributed by atoms with Crippen molar-refractivity contribution in [2.75, 3.05) is 23.7 Å². The standard InChI is InChI=1S/C20H23N3O2/c1-15-9-11-16(12-10-15)21-20(25)22-18-8-4-3-7-17(18)19(24)23-13-5-2-6-14-23/h3-4,7-12H,2,5-6,13-14H2,1H3,(H2,21,22,25). The molecule has 0 atom stereocenters. The molecule has 5 heteroatoms. The third-order valence-corrected chi connectivity index (χ3v) is 4.36. The number of aryl methyl sites for hydroxylation is 1. The molecular weight excluding hydrogens is 314 g/mol. The number of benzene rings is 2. The SMILES string of the molecule is Cc1ccc(NC(=O)Nc2ccccc2C(=O)N2CCCCC2)cc1. The van der Waals surface area contributed by atoms with E-state index in [1.807, 2.05) is 48.2 Å². The number of hydrogen-bond acceptors (Lipinski definition) is 2. The highest BCUT2D eigenvalue weighted by Crippen LogP contribution is 2.20. The van der Waals surface area contributed by atoms with E-state index in [1.165, 1.54) is 6.42 Å². The van der Waals surface area contributed by atoms with Crippen LogP contribution >= 0.6 is 0 Å². The van der Waals surface area contributed by atoms with Gasteiger partial charge in [-0.05, 0) is 50.5 Å². The average molecular weight is 337 g/mol. The summed E-state index contributed by atoms with van der Waals surface area (Å²) in [6.07, 6.45) is 3.24. The zero-order valence-electron chi connectivity index (χ0n) is 14.4. The Balaban J connectivity index is 1.70.